The molecule has 0 amide bonds. The summed E-state index contributed by atoms with van der Waals surface area (Å²) in [4.78, 5) is 61.8. The second-order valence-corrected chi connectivity index (χ2v) is 11.7. The van der Waals surface area contributed by atoms with Gasteiger partial charge in [-0.25, -0.2) is 9.78 Å². The zero-order valence-corrected chi connectivity index (χ0v) is 68.3. The average Bonchev–Trinajstić information content (AvgIpc) is 1.90. The molecule has 36 nitrogen and oxygen atoms in total. The number of carboxylic acid groups (broad SMARTS) is 6. The standard InChI is InChI=1S/2C4H10O2.C3H9N.9C3H8O.6C2H4O2.CH5N.9CH4O.14CH4/c2*1-3-4(2)6-5;10*1-3-4-2;6*1-2(3)4;10*1-2;;;;;;;;;;;;;;/h2*4-5H,3H2,1-2H3;4H,3H2,1-2H3;9*3H2,1-2H3;6*1H3,(H,3,4);2H2,1H3;9*2H,1H3;14*1H4. The van der Waals surface area contributed by atoms with E-state index in [0.29, 0.717) is 0 Å². The van der Waals surface area contributed by atoms with E-state index in [1.54, 1.807) is 77.8 Å². The van der Waals surface area contributed by atoms with Crippen molar-refractivity contribution in [1.29, 1.82) is 0 Å². The number of aliphatic hydroxyl groups is 9. The van der Waals surface area contributed by atoms with Crippen molar-refractivity contribution in [2.45, 2.75) is 267 Å². The maximum absolute atomic E-state index is 9.00. The number of carboxylic acids is 6. The number of rotatable bonds is 14. The van der Waals surface area contributed by atoms with E-state index in [-0.39, 0.29) is 116 Å². The minimum atomic E-state index is -0.833. The first kappa shape index (κ1) is 285. The molecule has 732 valence electrons. The molecule has 0 rings (SSSR count). The maximum Gasteiger partial charge on any atom is 0.300 e. The first-order chi connectivity index (χ1) is 45.2. The molecule has 0 aromatic rings. The summed E-state index contributed by atoms with van der Waals surface area (Å²) in [5.74, 6) is -5.00. The van der Waals surface area contributed by atoms with Gasteiger partial charge in [0.25, 0.3) is 35.8 Å². The highest BCUT2D eigenvalue weighted by Crippen LogP contribution is 1.90. The molecule has 0 bridgehead atoms. The predicted octanol–water partition coefficient (Wildman–Crippen LogP) is 14.2. The molecule has 0 aliphatic heterocycles. The highest BCUT2D eigenvalue weighted by Gasteiger charge is 1.91. The van der Waals surface area contributed by atoms with Crippen LogP contribution in [0.4, 0.5) is 0 Å². The summed E-state index contributed by atoms with van der Waals surface area (Å²) in [6.45, 7) is 42.1. The molecule has 0 heterocycles. The molecule has 2 unspecified atom stereocenters. The van der Waals surface area contributed by atoms with Gasteiger partial charge >= 0.3 is 0 Å². The highest BCUT2D eigenvalue weighted by molar-refractivity contribution is 5.64. The van der Waals surface area contributed by atoms with Gasteiger partial charge in [0.1, 0.15) is 0 Å². The van der Waals surface area contributed by atoms with E-state index in [1.165, 1.54) is 7.05 Å². The van der Waals surface area contributed by atoms with Crippen molar-refractivity contribution in [1.82, 2.24) is 5.32 Å². The van der Waals surface area contributed by atoms with Gasteiger partial charge in [-0.3, -0.25) is 39.3 Å². The third-order valence-corrected chi connectivity index (χ3v) is 4.46. The first-order valence-electron chi connectivity index (χ1n) is 28.6. The van der Waals surface area contributed by atoms with Crippen LogP contribution in [0.3, 0.4) is 0 Å². The Hall–Kier alpha value is -4.14. The van der Waals surface area contributed by atoms with Crippen molar-refractivity contribution in [3.05, 3.63) is 0 Å². The Bertz CT molecular complexity index is 664. The molecule has 110 heavy (non-hydrogen) atoms. The van der Waals surface area contributed by atoms with Gasteiger partial charge in [0.15, 0.2) is 0 Å². The molecule has 0 spiro atoms. The third-order valence-electron chi connectivity index (χ3n) is 4.46. The number of hydrogen-bond acceptors (Lipinski definition) is 30. The van der Waals surface area contributed by atoms with Crippen LogP contribution in [0.1, 0.15) is 255 Å². The quantitative estimate of drug-likeness (QED) is 0.0567. The lowest BCUT2D eigenvalue weighted by Gasteiger charge is -1.98. The van der Waals surface area contributed by atoms with Gasteiger partial charge < -0.3 is 130 Å². The summed E-state index contributed by atoms with van der Waals surface area (Å²) in [6.07, 6.45) is 1.70. The molecule has 36 heteroatoms. The molecule has 0 aromatic carbocycles. The zero-order valence-electron chi connectivity index (χ0n) is 68.3. The SMILES string of the molecule is C.C.C.C.C.C.C.C.C.C.C.C.C.C.CC(=O)O.CC(=O)O.CC(=O)O.CC(=O)O.CC(=O)O.CC(=O)O.CCC(C)OO.CCC(C)OO.CCNC.CCOC.CCOC.CCOC.CCOC.CCOC.CCOC.CCOC.CCOC.CCOC.CN.CO.CO.CO.CO.CO.CO.CO.CO.CO. The summed E-state index contributed by atoms with van der Waals surface area (Å²) in [7, 11) is 27.6. The second kappa shape index (κ2) is 588. The minimum Gasteiger partial charge on any atom is -0.481 e. The lowest BCUT2D eigenvalue weighted by Crippen LogP contribution is -2.01. The lowest BCUT2D eigenvalue weighted by molar-refractivity contribution is -0.274. The number of aliphatic hydroxyl groups excluding tert-OH is 9. The lowest BCUT2D eigenvalue weighted by atomic mass is 10.3. The number of carbonyl (C=O) groups is 6. The van der Waals surface area contributed by atoms with Gasteiger partial charge in [-0.15, -0.1) is 0 Å². The molecule has 0 radical (unpaired) electrons. The number of nitrogens with two attached hydrogens (primary N) is 1. The number of aliphatic carboxylic acids is 6. The van der Waals surface area contributed by atoms with Crippen LogP contribution in [-0.2, 0) is 81.2 Å². The fraction of sp³-hybridized carbons (Fsp3) is 0.919. The Kier molecular flexibility index (Phi) is 1530. The fourth-order valence-corrected chi connectivity index (χ4v) is 0.149. The van der Waals surface area contributed by atoms with Crippen molar-refractivity contribution in [3.8, 4) is 0 Å². The Morgan fingerprint density at radius 3 is 0.300 bits per heavy atom. The molecule has 20 N–H and O–H groups in total. The van der Waals surface area contributed by atoms with Gasteiger partial charge in [-0.2, -0.15) is 0 Å². The third kappa shape index (κ3) is 5720. The smallest absolute Gasteiger partial charge is 0.300 e. The van der Waals surface area contributed by atoms with Crippen molar-refractivity contribution in [2.75, 3.05) is 208 Å². The van der Waals surface area contributed by atoms with Crippen LogP contribution < -0.4 is 11.1 Å². The van der Waals surface area contributed by atoms with Gasteiger partial charge in [0.2, 0.25) is 0 Å². The summed E-state index contributed by atoms with van der Waals surface area (Å²) >= 11 is 0. The summed E-state index contributed by atoms with van der Waals surface area (Å²) in [5.41, 5.74) is 4.50. The molecular formula is C74H222N2O34. The molecule has 0 saturated carbocycles. The monoisotopic (exact) mass is 1680 g/mol. The zero-order chi connectivity index (χ0) is 85.6. The van der Waals surface area contributed by atoms with Crippen LogP contribution in [0.5, 0.6) is 0 Å². The fourth-order valence-electron chi connectivity index (χ4n) is 0.149. The summed E-state index contributed by atoms with van der Waals surface area (Å²) in [6, 6.07) is 0. The molecule has 0 saturated heterocycles. The van der Waals surface area contributed by atoms with Crippen LogP contribution in [0, 0.1) is 0 Å². The number of ether oxygens (including phenoxy) is 9. The number of nitrogens with one attached hydrogen (secondary N) is 1. The van der Waals surface area contributed by atoms with E-state index >= 15 is 0 Å². The topological polar surface area (TPSA) is 586 Å². The van der Waals surface area contributed by atoms with Gasteiger partial charge in [-0.05, 0) is 110 Å². The second-order valence-electron chi connectivity index (χ2n) is 11.7. The van der Waals surface area contributed by atoms with Crippen molar-refractivity contribution in [3.63, 3.8) is 0 Å². The van der Waals surface area contributed by atoms with Crippen molar-refractivity contribution < 1.29 is 168 Å². The van der Waals surface area contributed by atoms with E-state index < -0.39 is 35.8 Å². The van der Waals surface area contributed by atoms with Crippen LogP contribution in [0.2, 0.25) is 0 Å². The Morgan fingerprint density at radius 2 is 0.300 bits per heavy atom. The van der Waals surface area contributed by atoms with Gasteiger partial charge in [0.05, 0.1) is 12.2 Å². The Morgan fingerprint density at radius 1 is 0.255 bits per heavy atom. The molecule has 0 aromatic heterocycles. The van der Waals surface area contributed by atoms with Crippen molar-refractivity contribution in [2.24, 2.45) is 5.73 Å². The minimum absolute atomic E-state index is 0. The van der Waals surface area contributed by atoms with E-state index in [9.17, 15) is 0 Å². The Labute approximate surface area is 688 Å². The normalized spacial score (nSPS) is 6.22. The van der Waals surface area contributed by atoms with Crippen LogP contribution >= 0.6 is 0 Å². The highest BCUT2D eigenvalue weighted by atomic mass is 17.1. The average molecular weight is 1680 g/mol. The summed E-state index contributed by atoms with van der Waals surface area (Å²) in [5, 5.41) is 126. The largest absolute Gasteiger partial charge is 0.481 e. The van der Waals surface area contributed by atoms with Gasteiger partial charge in [-0.1, -0.05) is 125 Å². The molecular weight excluding hydrogens is 1460 g/mol. The molecule has 0 aliphatic rings. The molecule has 2 atom stereocenters. The van der Waals surface area contributed by atoms with E-state index in [4.69, 9.17) is 116 Å². The Balaban J connectivity index is -0.0000000109. The molecule has 0 fully saturated rings. The van der Waals surface area contributed by atoms with E-state index in [0.717, 1.165) is 184 Å². The summed E-state index contributed by atoms with van der Waals surface area (Å²) < 4.78 is 40.9. The molecule has 0 aliphatic carbocycles. The van der Waals surface area contributed by atoms with E-state index in [1.807, 2.05) is 83.2 Å². The predicted molar refractivity (Wildman–Crippen MR) is 482 cm³/mol. The van der Waals surface area contributed by atoms with Crippen LogP contribution in [0.15, 0.2) is 0 Å². The maximum atomic E-state index is 9.00. The van der Waals surface area contributed by atoms with Crippen molar-refractivity contribution >= 4 is 35.8 Å². The van der Waals surface area contributed by atoms with Crippen LogP contribution in [-0.4, -0.2) is 343 Å². The number of methoxy groups -OCH3 is 9. The first-order valence-corrected chi connectivity index (χ1v) is 28.6. The number of hydrogen-bond donors (Lipinski definition) is 19. The van der Waals surface area contributed by atoms with Crippen LogP contribution in [0.25, 0.3) is 0 Å². The van der Waals surface area contributed by atoms with Gasteiger partial charge in [0, 0.05) is 229 Å². The van der Waals surface area contributed by atoms with E-state index in [2.05, 4.69) is 70.4 Å².